The van der Waals surface area contributed by atoms with Gasteiger partial charge in [0, 0.05) is 12.1 Å². The third-order valence-corrected chi connectivity index (χ3v) is 4.75. The van der Waals surface area contributed by atoms with E-state index < -0.39 is 6.17 Å². The number of nitrogens with zero attached hydrogens (tertiary/aromatic N) is 4. The number of alkyl halides is 1. The summed E-state index contributed by atoms with van der Waals surface area (Å²) in [5.74, 6) is 1.00. The second-order valence-corrected chi connectivity index (χ2v) is 6.19. The van der Waals surface area contributed by atoms with Crippen LogP contribution in [0.2, 0.25) is 10.0 Å². The molecule has 0 aliphatic heterocycles. The summed E-state index contributed by atoms with van der Waals surface area (Å²) in [6.45, 7) is 0.678. The van der Waals surface area contributed by atoms with Crippen molar-refractivity contribution in [3.8, 4) is 11.4 Å². The van der Waals surface area contributed by atoms with E-state index in [4.69, 9.17) is 23.2 Å². The highest BCUT2D eigenvalue weighted by molar-refractivity contribution is 6.43. The SMILES string of the molecule is FC1CCC(Cn2nnnc2-c2cccc(Cl)c2Cl)CC1. The van der Waals surface area contributed by atoms with Gasteiger partial charge in [0.05, 0.1) is 10.0 Å². The number of hydrogen-bond donors (Lipinski definition) is 0. The molecule has 0 amide bonds. The highest BCUT2D eigenvalue weighted by Gasteiger charge is 2.23. The Bertz CT molecular complexity index is 623. The Kier molecular flexibility index (Phi) is 4.40. The fourth-order valence-corrected chi connectivity index (χ4v) is 3.13. The third kappa shape index (κ3) is 3.19. The summed E-state index contributed by atoms with van der Waals surface area (Å²) < 4.78 is 14.9. The van der Waals surface area contributed by atoms with E-state index in [0.717, 1.165) is 12.8 Å². The van der Waals surface area contributed by atoms with Crippen LogP contribution in [0.5, 0.6) is 0 Å². The van der Waals surface area contributed by atoms with E-state index >= 15 is 0 Å². The average molecular weight is 329 g/mol. The lowest BCUT2D eigenvalue weighted by Crippen LogP contribution is -2.20. The van der Waals surface area contributed by atoms with Gasteiger partial charge in [0.1, 0.15) is 6.17 Å². The molecule has 3 rings (SSSR count). The van der Waals surface area contributed by atoms with Gasteiger partial charge in [-0.2, -0.15) is 0 Å². The van der Waals surface area contributed by atoms with E-state index in [1.54, 1.807) is 10.7 Å². The van der Waals surface area contributed by atoms with Crippen molar-refractivity contribution < 1.29 is 4.39 Å². The first kappa shape index (κ1) is 14.7. The Labute approximate surface area is 132 Å². The number of rotatable bonds is 3. The lowest BCUT2D eigenvalue weighted by Gasteiger charge is -2.24. The number of hydrogen-bond acceptors (Lipinski definition) is 3. The molecule has 0 N–H and O–H groups in total. The highest BCUT2D eigenvalue weighted by atomic mass is 35.5. The molecule has 0 atom stereocenters. The van der Waals surface area contributed by atoms with E-state index in [1.165, 1.54) is 0 Å². The highest BCUT2D eigenvalue weighted by Crippen LogP contribution is 2.33. The lowest BCUT2D eigenvalue weighted by molar-refractivity contribution is 0.192. The number of aromatic nitrogens is 4. The van der Waals surface area contributed by atoms with Crippen LogP contribution in [0.3, 0.4) is 0 Å². The second-order valence-electron chi connectivity index (χ2n) is 5.40. The van der Waals surface area contributed by atoms with Crippen molar-refractivity contribution in [2.75, 3.05) is 0 Å². The van der Waals surface area contributed by atoms with Gasteiger partial charge in [0.2, 0.25) is 0 Å². The molecule has 1 saturated carbocycles. The van der Waals surface area contributed by atoms with Crippen molar-refractivity contribution in [1.29, 1.82) is 0 Å². The predicted molar refractivity (Wildman–Crippen MR) is 80.1 cm³/mol. The Hall–Kier alpha value is -1.20. The summed E-state index contributed by atoms with van der Waals surface area (Å²) >= 11 is 12.3. The van der Waals surface area contributed by atoms with Crippen molar-refractivity contribution in [3.63, 3.8) is 0 Å². The van der Waals surface area contributed by atoms with Crippen LogP contribution in [0.15, 0.2) is 18.2 Å². The third-order valence-electron chi connectivity index (χ3n) is 3.93. The van der Waals surface area contributed by atoms with Gasteiger partial charge < -0.3 is 0 Å². The first-order valence-electron chi connectivity index (χ1n) is 6.99. The largest absolute Gasteiger partial charge is 0.247 e. The molecule has 4 nitrogen and oxygen atoms in total. The van der Waals surface area contributed by atoms with Crippen LogP contribution in [0, 0.1) is 5.92 Å². The molecule has 1 aliphatic rings. The first-order valence-corrected chi connectivity index (χ1v) is 7.75. The van der Waals surface area contributed by atoms with Crippen LogP contribution in [0.25, 0.3) is 11.4 Å². The van der Waals surface area contributed by atoms with Crippen molar-refractivity contribution in [2.45, 2.75) is 38.4 Å². The molecular weight excluding hydrogens is 314 g/mol. The molecule has 7 heteroatoms. The molecule has 1 aromatic heterocycles. The van der Waals surface area contributed by atoms with Gasteiger partial charge in [-0.15, -0.1) is 5.10 Å². The zero-order valence-electron chi connectivity index (χ0n) is 11.3. The molecule has 0 radical (unpaired) electrons. The van der Waals surface area contributed by atoms with Gasteiger partial charge in [-0.05, 0) is 54.2 Å². The smallest absolute Gasteiger partial charge is 0.183 e. The van der Waals surface area contributed by atoms with Gasteiger partial charge >= 0.3 is 0 Å². The molecule has 0 bridgehead atoms. The predicted octanol–water partition coefficient (Wildman–Crippen LogP) is 4.18. The normalized spacial score (nSPS) is 22.4. The minimum atomic E-state index is -0.656. The molecular formula is C14H15Cl2FN4. The van der Waals surface area contributed by atoms with E-state index in [0.29, 0.717) is 46.7 Å². The number of halogens is 3. The minimum Gasteiger partial charge on any atom is -0.247 e. The molecule has 1 heterocycles. The van der Waals surface area contributed by atoms with Crippen molar-refractivity contribution in [2.24, 2.45) is 5.92 Å². The molecule has 1 fully saturated rings. The summed E-state index contributed by atoms with van der Waals surface area (Å²) in [5.41, 5.74) is 0.716. The van der Waals surface area contributed by atoms with Crippen molar-refractivity contribution in [1.82, 2.24) is 20.2 Å². The maximum Gasteiger partial charge on any atom is 0.183 e. The lowest BCUT2D eigenvalue weighted by atomic mass is 9.88. The van der Waals surface area contributed by atoms with E-state index in [-0.39, 0.29) is 0 Å². The van der Waals surface area contributed by atoms with E-state index in [9.17, 15) is 4.39 Å². The molecule has 0 saturated heterocycles. The quantitative estimate of drug-likeness (QED) is 0.849. The maximum atomic E-state index is 13.2. The van der Waals surface area contributed by atoms with Gasteiger partial charge in [-0.3, -0.25) is 0 Å². The van der Waals surface area contributed by atoms with Gasteiger partial charge in [-0.1, -0.05) is 29.3 Å². The van der Waals surface area contributed by atoms with Crippen molar-refractivity contribution >= 4 is 23.2 Å². The molecule has 0 unspecified atom stereocenters. The van der Waals surface area contributed by atoms with Crippen LogP contribution in [-0.2, 0) is 6.54 Å². The summed E-state index contributed by atoms with van der Waals surface area (Å²) in [6.07, 6.45) is 2.32. The molecule has 1 aromatic carbocycles. The Morgan fingerprint density at radius 1 is 1.19 bits per heavy atom. The second kappa shape index (κ2) is 6.28. The van der Waals surface area contributed by atoms with E-state index in [2.05, 4.69) is 15.5 Å². The van der Waals surface area contributed by atoms with Crippen LogP contribution in [0.4, 0.5) is 4.39 Å². The number of tetrazole rings is 1. The van der Waals surface area contributed by atoms with Gasteiger partial charge in [-0.25, -0.2) is 9.07 Å². The maximum absolute atomic E-state index is 13.2. The fraction of sp³-hybridized carbons (Fsp3) is 0.500. The molecule has 2 aromatic rings. The Morgan fingerprint density at radius 2 is 1.95 bits per heavy atom. The molecule has 0 spiro atoms. The van der Waals surface area contributed by atoms with Gasteiger partial charge in [0.25, 0.3) is 0 Å². The van der Waals surface area contributed by atoms with Gasteiger partial charge in [0.15, 0.2) is 5.82 Å². The molecule has 1 aliphatic carbocycles. The van der Waals surface area contributed by atoms with Crippen LogP contribution < -0.4 is 0 Å². The number of benzene rings is 1. The first-order chi connectivity index (χ1) is 10.1. The molecule has 112 valence electrons. The minimum absolute atomic E-state index is 0.400. The van der Waals surface area contributed by atoms with Crippen LogP contribution in [-0.4, -0.2) is 26.4 Å². The van der Waals surface area contributed by atoms with Crippen LogP contribution >= 0.6 is 23.2 Å². The summed E-state index contributed by atoms with van der Waals surface area (Å²) in [5, 5.41) is 12.7. The average Bonchev–Trinajstić information content (AvgIpc) is 2.92. The summed E-state index contributed by atoms with van der Waals surface area (Å²) in [6, 6.07) is 5.38. The van der Waals surface area contributed by atoms with Crippen LogP contribution in [0.1, 0.15) is 25.7 Å². The zero-order valence-corrected chi connectivity index (χ0v) is 12.9. The fourth-order valence-electron chi connectivity index (χ4n) is 2.75. The van der Waals surface area contributed by atoms with Crippen molar-refractivity contribution in [3.05, 3.63) is 28.2 Å². The zero-order chi connectivity index (χ0) is 14.8. The Morgan fingerprint density at radius 3 is 2.71 bits per heavy atom. The standard InChI is InChI=1S/C14H15Cl2FN4/c15-12-3-1-2-11(13(12)16)14-18-19-20-21(14)8-9-4-6-10(17)7-5-9/h1-3,9-10H,4-8H2. The summed E-state index contributed by atoms with van der Waals surface area (Å²) in [4.78, 5) is 0. The molecule has 21 heavy (non-hydrogen) atoms. The Balaban J connectivity index is 1.82. The topological polar surface area (TPSA) is 43.6 Å². The monoisotopic (exact) mass is 328 g/mol. The summed E-state index contributed by atoms with van der Waals surface area (Å²) in [7, 11) is 0. The van der Waals surface area contributed by atoms with E-state index in [1.807, 2.05) is 12.1 Å².